The quantitative estimate of drug-likeness (QED) is 0.530. The number of H-pyrrole nitrogens is 1. The van der Waals surface area contributed by atoms with E-state index in [0.29, 0.717) is 17.7 Å². The minimum atomic E-state index is 0.598. The van der Waals surface area contributed by atoms with E-state index < -0.39 is 0 Å². The van der Waals surface area contributed by atoms with Crippen LogP contribution in [0.25, 0.3) is 0 Å². The molecule has 6 nitrogen and oxygen atoms in total. The second-order valence-corrected chi connectivity index (χ2v) is 7.51. The van der Waals surface area contributed by atoms with Gasteiger partial charge in [-0.2, -0.15) is 10.1 Å². The van der Waals surface area contributed by atoms with Crippen LogP contribution in [0.4, 0.5) is 17.6 Å². The largest absolute Gasteiger partial charge is 0.354 e. The summed E-state index contributed by atoms with van der Waals surface area (Å²) in [5.41, 5.74) is 3.76. The molecule has 1 aliphatic rings. The monoisotopic (exact) mass is 412 g/mol. The third-order valence-electron chi connectivity index (χ3n) is 4.42. The van der Waals surface area contributed by atoms with Gasteiger partial charge in [-0.1, -0.05) is 29.8 Å². The van der Waals surface area contributed by atoms with Crippen LogP contribution in [0.5, 0.6) is 0 Å². The minimum Gasteiger partial charge on any atom is -0.354 e. The van der Waals surface area contributed by atoms with E-state index in [1.54, 1.807) is 6.20 Å². The van der Waals surface area contributed by atoms with Crippen LogP contribution < -0.4 is 10.6 Å². The molecule has 0 saturated heterocycles. The first-order valence-corrected chi connectivity index (χ1v) is 9.61. The highest BCUT2D eigenvalue weighted by molar-refractivity contribution is 9.10. The maximum absolute atomic E-state index is 4.55. The Bertz CT molecular complexity index is 885. The molecule has 0 spiro atoms. The van der Waals surface area contributed by atoms with E-state index in [4.69, 9.17) is 0 Å². The number of benzene rings is 1. The first-order valence-electron chi connectivity index (χ1n) is 8.81. The number of rotatable bonds is 7. The summed E-state index contributed by atoms with van der Waals surface area (Å²) in [7, 11) is 0. The lowest BCUT2D eigenvalue weighted by molar-refractivity contribution is 0.964. The maximum atomic E-state index is 4.55. The molecule has 3 N–H and O–H groups in total. The molecule has 1 aromatic carbocycles. The highest BCUT2D eigenvalue weighted by Gasteiger charge is 2.25. The summed E-state index contributed by atoms with van der Waals surface area (Å²) >= 11 is 3.49. The first-order chi connectivity index (χ1) is 12.7. The molecule has 134 valence electrons. The van der Waals surface area contributed by atoms with Gasteiger partial charge in [0.2, 0.25) is 5.95 Å². The van der Waals surface area contributed by atoms with Gasteiger partial charge in [0.05, 0.1) is 4.47 Å². The highest BCUT2D eigenvalue weighted by Crippen LogP contribution is 2.39. The van der Waals surface area contributed by atoms with Crippen LogP contribution in [0, 0.1) is 6.92 Å². The van der Waals surface area contributed by atoms with E-state index in [2.05, 4.69) is 84.0 Å². The predicted molar refractivity (Wildman–Crippen MR) is 107 cm³/mol. The van der Waals surface area contributed by atoms with Gasteiger partial charge in [-0.15, -0.1) is 0 Å². The zero-order valence-corrected chi connectivity index (χ0v) is 16.2. The number of aromatic nitrogens is 4. The zero-order chi connectivity index (χ0) is 17.9. The normalized spacial score (nSPS) is 13.6. The lowest BCUT2D eigenvalue weighted by Gasteiger charge is -2.09. The van der Waals surface area contributed by atoms with Gasteiger partial charge in [-0.05, 0) is 47.7 Å². The van der Waals surface area contributed by atoms with Gasteiger partial charge in [-0.25, -0.2) is 4.98 Å². The fraction of sp³-hybridized carbons (Fsp3) is 0.316. The molecule has 0 unspecified atom stereocenters. The van der Waals surface area contributed by atoms with Crippen molar-refractivity contribution in [3.05, 3.63) is 57.8 Å². The summed E-state index contributed by atoms with van der Waals surface area (Å²) in [6.45, 7) is 2.87. The van der Waals surface area contributed by atoms with E-state index >= 15 is 0 Å². The average Bonchev–Trinajstić information content (AvgIpc) is 3.39. The van der Waals surface area contributed by atoms with Crippen molar-refractivity contribution in [2.75, 3.05) is 17.2 Å². The molecule has 3 aromatic rings. The third kappa shape index (κ3) is 4.22. The summed E-state index contributed by atoms with van der Waals surface area (Å²) in [6, 6.07) is 10.6. The summed E-state index contributed by atoms with van der Waals surface area (Å²) < 4.78 is 0.803. The second-order valence-electron chi connectivity index (χ2n) is 6.66. The number of halogens is 1. The fourth-order valence-corrected chi connectivity index (χ4v) is 3.03. The number of nitrogens with zero attached hydrogens (tertiary/aromatic N) is 3. The van der Waals surface area contributed by atoms with E-state index in [0.717, 1.165) is 23.3 Å². The van der Waals surface area contributed by atoms with E-state index in [1.807, 2.05) is 0 Å². The Hall–Kier alpha value is -2.41. The van der Waals surface area contributed by atoms with E-state index in [-0.39, 0.29) is 0 Å². The highest BCUT2D eigenvalue weighted by atomic mass is 79.9. The van der Waals surface area contributed by atoms with E-state index in [1.165, 1.54) is 29.7 Å². The Morgan fingerprint density at radius 2 is 2.04 bits per heavy atom. The van der Waals surface area contributed by atoms with Crippen molar-refractivity contribution >= 4 is 33.5 Å². The van der Waals surface area contributed by atoms with Crippen molar-refractivity contribution in [1.82, 2.24) is 20.2 Å². The van der Waals surface area contributed by atoms with E-state index in [9.17, 15) is 0 Å². The molecular weight excluding hydrogens is 392 g/mol. The first kappa shape index (κ1) is 17.0. The fourth-order valence-electron chi connectivity index (χ4n) is 2.74. The molecule has 1 aliphatic carbocycles. The van der Waals surface area contributed by atoms with Crippen molar-refractivity contribution in [2.45, 2.75) is 32.1 Å². The van der Waals surface area contributed by atoms with Gasteiger partial charge < -0.3 is 10.6 Å². The average molecular weight is 413 g/mol. The Labute approximate surface area is 161 Å². The standard InChI is InChI=1S/C19H21BrN6/c1-12-2-4-13(5-3-12)8-9-21-19-22-11-15(20)18(24-19)23-17-10-16(25-26-17)14-6-7-14/h2-5,10-11,14H,6-9H2,1H3,(H3,21,22,23,24,25,26). The number of hydrogen-bond acceptors (Lipinski definition) is 5. The second kappa shape index (κ2) is 7.45. The smallest absolute Gasteiger partial charge is 0.224 e. The summed E-state index contributed by atoms with van der Waals surface area (Å²) in [4.78, 5) is 8.88. The summed E-state index contributed by atoms with van der Waals surface area (Å²) in [5.74, 6) is 2.72. The molecule has 7 heteroatoms. The van der Waals surface area contributed by atoms with Crippen LogP contribution in [0.15, 0.2) is 41.0 Å². The van der Waals surface area contributed by atoms with Gasteiger partial charge in [0.1, 0.15) is 0 Å². The Balaban J connectivity index is 1.37. The molecule has 2 aromatic heterocycles. The summed E-state index contributed by atoms with van der Waals surface area (Å²) in [5, 5.41) is 13.9. The summed E-state index contributed by atoms with van der Waals surface area (Å²) in [6.07, 6.45) is 5.16. The van der Waals surface area contributed by atoms with Crippen LogP contribution in [0.3, 0.4) is 0 Å². The van der Waals surface area contributed by atoms with Gasteiger partial charge in [0.25, 0.3) is 0 Å². The van der Waals surface area contributed by atoms with Crippen molar-refractivity contribution < 1.29 is 0 Å². The lowest BCUT2D eigenvalue weighted by Crippen LogP contribution is -2.09. The third-order valence-corrected chi connectivity index (χ3v) is 5.00. The molecular formula is C19H21BrN6. The molecule has 2 heterocycles. The topological polar surface area (TPSA) is 78.5 Å². The van der Waals surface area contributed by atoms with Crippen LogP contribution in [-0.4, -0.2) is 26.7 Å². The molecule has 1 fully saturated rings. The molecule has 0 atom stereocenters. The number of hydrogen-bond donors (Lipinski definition) is 3. The van der Waals surface area contributed by atoms with Gasteiger partial charge >= 0.3 is 0 Å². The minimum absolute atomic E-state index is 0.598. The SMILES string of the molecule is Cc1ccc(CCNc2ncc(Br)c(Nc3cc(C4CC4)[nH]n3)n2)cc1. The van der Waals surface area contributed by atoms with Gasteiger partial charge in [0.15, 0.2) is 11.6 Å². The van der Waals surface area contributed by atoms with Crippen LogP contribution in [0.2, 0.25) is 0 Å². The Morgan fingerprint density at radius 1 is 1.23 bits per heavy atom. The van der Waals surface area contributed by atoms with Crippen molar-refractivity contribution in [3.63, 3.8) is 0 Å². The van der Waals surface area contributed by atoms with Crippen molar-refractivity contribution in [1.29, 1.82) is 0 Å². The molecule has 4 rings (SSSR count). The van der Waals surface area contributed by atoms with Gasteiger partial charge in [0, 0.05) is 30.4 Å². The number of anilines is 3. The Kier molecular flexibility index (Phi) is 4.88. The maximum Gasteiger partial charge on any atom is 0.224 e. The Morgan fingerprint density at radius 3 is 2.81 bits per heavy atom. The number of aryl methyl sites for hydroxylation is 1. The molecule has 1 saturated carbocycles. The van der Waals surface area contributed by atoms with Crippen molar-refractivity contribution in [3.8, 4) is 0 Å². The molecule has 0 bridgehead atoms. The number of aromatic amines is 1. The van der Waals surface area contributed by atoms with Gasteiger partial charge in [-0.3, -0.25) is 5.10 Å². The number of nitrogens with one attached hydrogen (secondary N) is 3. The molecule has 0 radical (unpaired) electrons. The molecule has 0 aliphatic heterocycles. The lowest BCUT2D eigenvalue weighted by atomic mass is 10.1. The van der Waals surface area contributed by atoms with Crippen LogP contribution in [-0.2, 0) is 6.42 Å². The van der Waals surface area contributed by atoms with Crippen molar-refractivity contribution in [2.24, 2.45) is 0 Å². The molecule has 0 amide bonds. The van der Waals surface area contributed by atoms with Crippen LogP contribution >= 0.6 is 15.9 Å². The zero-order valence-electron chi connectivity index (χ0n) is 14.6. The van der Waals surface area contributed by atoms with Crippen LogP contribution in [0.1, 0.15) is 35.6 Å². The predicted octanol–water partition coefficient (Wildman–Crippen LogP) is 4.55. The molecule has 26 heavy (non-hydrogen) atoms.